The molecule has 164 valence electrons. The summed E-state index contributed by atoms with van der Waals surface area (Å²) in [7, 11) is 0. The van der Waals surface area contributed by atoms with E-state index in [0.29, 0.717) is 33.4 Å². The Hall–Kier alpha value is -4.52. The number of imide groups is 1. The molecule has 7 nitrogen and oxygen atoms in total. The zero-order valence-electron chi connectivity index (χ0n) is 18.0. The summed E-state index contributed by atoms with van der Waals surface area (Å²) in [6.45, 7) is 3.32. The first kappa shape index (κ1) is 21.7. The Morgan fingerprint density at radius 1 is 0.909 bits per heavy atom. The SMILES string of the molecule is CC(=O)c1ccc2nc(-c3ccccc3O)cc(C(=O)NC(=O)Nc3cccc(C)c3)c2c1. The second-order valence-corrected chi connectivity index (χ2v) is 7.64. The summed E-state index contributed by atoms with van der Waals surface area (Å²) in [5.74, 6) is -0.816. The Balaban J connectivity index is 1.75. The first-order valence-electron chi connectivity index (χ1n) is 10.2. The van der Waals surface area contributed by atoms with Crippen molar-refractivity contribution < 1.29 is 19.5 Å². The van der Waals surface area contributed by atoms with Gasteiger partial charge in [-0.3, -0.25) is 14.9 Å². The van der Waals surface area contributed by atoms with Crippen molar-refractivity contribution in [2.24, 2.45) is 0 Å². The van der Waals surface area contributed by atoms with Gasteiger partial charge < -0.3 is 10.4 Å². The lowest BCUT2D eigenvalue weighted by Gasteiger charge is -2.12. The number of ketones is 1. The standard InChI is InChI=1S/C26H21N3O4/c1-15-6-5-7-18(12-15)27-26(33)29-25(32)21-14-23(19-8-3-4-9-24(19)31)28-22-11-10-17(16(2)30)13-20(21)22/h3-14,31H,1-2H3,(H2,27,29,32,33). The fourth-order valence-electron chi connectivity index (χ4n) is 3.52. The number of benzene rings is 3. The first-order chi connectivity index (χ1) is 15.8. The van der Waals surface area contributed by atoms with Gasteiger partial charge in [0.1, 0.15) is 5.75 Å². The van der Waals surface area contributed by atoms with Gasteiger partial charge in [0, 0.05) is 22.2 Å². The molecule has 0 saturated heterocycles. The van der Waals surface area contributed by atoms with Crippen LogP contribution in [0.2, 0.25) is 0 Å². The van der Waals surface area contributed by atoms with Crippen LogP contribution in [-0.4, -0.2) is 27.8 Å². The van der Waals surface area contributed by atoms with E-state index < -0.39 is 11.9 Å². The number of fused-ring (bicyclic) bond motifs is 1. The quantitative estimate of drug-likeness (QED) is 0.384. The number of carbonyl (C=O) groups excluding carboxylic acids is 3. The van der Waals surface area contributed by atoms with Crippen molar-refractivity contribution in [3.8, 4) is 17.0 Å². The van der Waals surface area contributed by atoms with E-state index >= 15 is 0 Å². The highest BCUT2D eigenvalue weighted by Crippen LogP contribution is 2.31. The van der Waals surface area contributed by atoms with Crippen LogP contribution in [0.25, 0.3) is 22.2 Å². The number of hydrogen-bond acceptors (Lipinski definition) is 5. The number of carbonyl (C=O) groups is 3. The Kier molecular flexibility index (Phi) is 5.87. The Bertz CT molecular complexity index is 1410. The number of aryl methyl sites for hydroxylation is 1. The number of rotatable bonds is 4. The van der Waals surface area contributed by atoms with Gasteiger partial charge in [-0.1, -0.05) is 24.3 Å². The molecule has 3 N–H and O–H groups in total. The van der Waals surface area contributed by atoms with Gasteiger partial charge in [0.25, 0.3) is 5.91 Å². The predicted octanol–water partition coefficient (Wildman–Crippen LogP) is 5.08. The predicted molar refractivity (Wildman–Crippen MR) is 127 cm³/mol. The van der Waals surface area contributed by atoms with Gasteiger partial charge in [0.15, 0.2) is 5.78 Å². The zero-order valence-corrected chi connectivity index (χ0v) is 18.0. The molecule has 0 atom stereocenters. The number of nitrogens with zero attached hydrogens (tertiary/aromatic N) is 1. The van der Waals surface area contributed by atoms with Crippen LogP contribution in [0.4, 0.5) is 10.5 Å². The van der Waals surface area contributed by atoms with E-state index in [2.05, 4.69) is 15.6 Å². The van der Waals surface area contributed by atoms with Crippen molar-refractivity contribution >= 4 is 34.3 Å². The highest BCUT2D eigenvalue weighted by atomic mass is 16.3. The number of pyridine rings is 1. The third-order valence-electron chi connectivity index (χ3n) is 5.14. The normalized spacial score (nSPS) is 10.6. The van der Waals surface area contributed by atoms with Crippen molar-refractivity contribution in [2.75, 3.05) is 5.32 Å². The van der Waals surface area contributed by atoms with E-state index in [4.69, 9.17) is 0 Å². The minimum absolute atomic E-state index is 0.00764. The number of nitrogens with one attached hydrogen (secondary N) is 2. The minimum atomic E-state index is -0.692. The van der Waals surface area contributed by atoms with Crippen LogP contribution in [0, 0.1) is 6.92 Å². The van der Waals surface area contributed by atoms with Crippen LogP contribution in [0.15, 0.2) is 72.8 Å². The summed E-state index contributed by atoms with van der Waals surface area (Å²) in [4.78, 5) is 42.1. The van der Waals surface area contributed by atoms with Crippen LogP contribution < -0.4 is 10.6 Å². The highest BCUT2D eigenvalue weighted by molar-refractivity contribution is 6.15. The van der Waals surface area contributed by atoms with Crippen LogP contribution >= 0.6 is 0 Å². The van der Waals surface area contributed by atoms with E-state index in [1.54, 1.807) is 54.6 Å². The van der Waals surface area contributed by atoms with E-state index in [0.717, 1.165) is 5.56 Å². The van der Waals surface area contributed by atoms with Crippen LogP contribution in [0.3, 0.4) is 0 Å². The summed E-state index contributed by atoms with van der Waals surface area (Å²) in [5, 5.41) is 15.7. The summed E-state index contributed by atoms with van der Waals surface area (Å²) in [5.41, 5.74) is 3.33. The molecule has 0 bridgehead atoms. The topological polar surface area (TPSA) is 108 Å². The van der Waals surface area contributed by atoms with E-state index in [1.807, 2.05) is 13.0 Å². The Labute approximate surface area is 190 Å². The largest absolute Gasteiger partial charge is 0.507 e. The molecule has 0 radical (unpaired) electrons. The molecule has 0 aliphatic heterocycles. The first-order valence-corrected chi connectivity index (χ1v) is 10.2. The number of anilines is 1. The molecule has 3 aromatic carbocycles. The zero-order chi connectivity index (χ0) is 23.5. The van der Waals surface area contributed by atoms with E-state index in [-0.39, 0.29) is 17.1 Å². The molecule has 33 heavy (non-hydrogen) atoms. The number of Topliss-reactive ketones (excluding diaryl/α,β-unsaturated/α-hetero) is 1. The number of aromatic nitrogens is 1. The summed E-state index contributed by atoms with van der Waals surface area (Å²) < 4.78 is 0. The van der Waals surface area contributed by atoms with Crippen LogP contribution in [-0.2, 0) is 0 Å². The molecule has 4 aromatic rings. The lowest BCUT2D eigenvalue weighted by Crippen LogP contribution is -2.34. The van der Waals surface area contributed by atoms with Gasteiger partial charge in [-0.2, -0.15) is 0 Å². The molecule has 0 unspecified atom stereocenters. The van der Waals surface area contributed by atoms with Crippen molar-refractivity contribution in [3.05, 3.63) is 89.5 Å². The van der Waals surface area contributed by atoms with Gasteiger partial charge in [-0.05, 0) is 67.9 Å². The fraction of sp³-hybridized carbons (Fsp3) is 0.0769. The van der Waals surface area contributed by atoms with Crippen molar-refractivity contribution in [3.63, 3.8) is 0 Å². The smallest absolute Gasteiger partial charge is 0.326 e. The van der Waals surface area contributed by atoms with E-state index in [1.165, 1.54) is 19.1 Å². The fourth-order valence-corrected chi connectivity index (χ4v) is 3.52. The molecule has 1 aromatic heterocycles. The number of hydrogen-bond donors (Lipinski definition) is 3. The summed E-state index contributed by atoms with van der Waals surface area (Å²) >= 11 is 0. The molecule has 0 aliphatic rings. The Morgan fingerprint density at radius 2 is 1.70 bits per heavy atom. The van der Waals surface area contributed by atoms with Gasteiger partial charge >= 0.3 is 6.03 Å². The highest BCUT2D eigenvalue weighted by Gasteiger charge is 2.18. The molecule has 0 fully saturated rings. The van der Waals surface area contributed by atoms with Gasteiger partial charge in [-0.25, -0.2) is 9.78 Å². The minimum Gasteiger partial charge on any atom is -0.507 e. The Morgan fingerprint density at radius 3 is 2.42 bits per heavy atom. The number of amides is 3. The third-order valence-corrected chi connectivity index (χ3v) is 5.14. The summed E-state index contributed by atoms with van der Waals surface area (Å²) in [6, 6.07) is 19.5. The monoisotopic (exact) mass is 439 g/mol. The van der Waals surface area contributed by atoms with Crippen LogP contribution in [0.5, 0.6) is 5.75 Å². The van der Waals surface area contributed by atoms with Crippen LogP contribution in [0.1, 0.15) is 33.2 Å². The van der Waals surface area contributed by atoms with Crippen molar-refractivity contribution in [1.29, 1.82) is 0 Å². The number of phenolic OH excluding ortho intramolecular Hbond substituents is 1. The van der Waals surface area contributed by atoms with Gasteiger partial charge in [0.05, 0.1) is 16.8 Å². The molecular formula is C26H21N3O4. The van der Waals surface area contributed by atoms with E-state index in [9.17, 15) is 19.5 Å². The summed E-state index contributed by atoms with van der Waals surface area (Å²) in [6.07, 6.45) is 0. The molecule has 3 amide bonds. The lowest BCUT2D eigenvalue weighted by molar-refractivity contribution is 0.0966. The van der Waals surface area contributed by atoms with Gasteiger partial charge in [-0.15, -0.1) is 0 Å². The number of phenols is 1. The maximum absolute atomic E-state index is 13.1. The molecular weight excluding hydrogens is 418 g/mol. The molecule has 0 aliphatic carbocycles. The average molecular weight is 439 g/mol. The second kappa shape index (κ2) is 8.92. The molecule has 0 spiro atoms. The van der Waals surface area contributed by atoms with Crippen molar-refractivity contribution in [1.82, 2.24) is 10.3 Å². The van der Waals surface area contributed by atoms with Crippen molar-refractivity contribution in [2.45, 2.75) is 13.8 Å². The second-order valence-electron chi connectivity index (χ2n) is 7.64. The maximum Gasteiger partial charge on any atom is 0.326 e. The van der Waals surface area contributed by atoms with Gasteiger partial charge in [0.2, 0.25) is 0 Å². The molecule has 4 rings (SSSR count). The number of aromatic hydroxyl groups is 1. The molecule has 7 heteroatoms. The molecule has 1 heterocycles. The average Bonchev–Trinajstić information content (AvgIpc) is 2.78. The lowest BCUT2D eigenvalue weighted by atomic mass is 10.0. The number of urea groups is 1. The number of para-hydroxylation sites is 1. The third kappa shape index (κ3) is 4.72. The molecule has 0 saturated carbocycles. The maximum atomic E-state index is 13.1.